The molecule has 146 valence electrons. The number of hydrogen-bond acceptors (Lipinski definition) is 4. The Hall–Kier alpha value is -2.38. The number of piperidine rings is 1. The number of carboxylic acid groups (broad SMARTS) is 1. The Morgan fingerprint density at radius 2 is 2.00 bits per heavy atom. The van der Waals surface area contributed by atoms with Gasteiger partial charge < -0.3 is 20.2 Å². The number of rotatable bonds is 8. The molecular formula is C18H29N3O5. The van der Waals surface area contributed by atoms with Crippen molar-refractivity contribution in [3.05, 3.63) is 11.6 Å². The first-order valence-corrected chi connectivity index (χ1v) is 8.82. The van der Waals surface area contributed by atoms with Gasteiger partial charge in [-0.25, -0.2) is 0 Å². The number of hydrogen-bond donors (Lipinski definition) is 2. The summed E-state index contributed by atoms with van der Waals surface area (Å²) in [5, 5.41) is 11.5. The molecule has 1 heterocycles. The number of carbonyl (C=O) groups excluding carboxylic acids is 3. The number of likely N-dealkylation sites (N-methyl/N-ethyl adjacent to an activating group) is 1. The summed E-state index contributed by atoms with van der Waals surface area (Å²) in [6.45, 7) is 6.22. The second-order valence-corrected chi connectivity index (χ2v) is 7.02. The van der Waals surface area contributed by atoms with Crippen LogP contribution >= 0.6 is 0 Å². The molecule has 0 aromatic carbocycles. The van der Waals surface area contributed by atoms with Gasteiger partial charge in [0.2, 0.25) is 18.2 Å². The summed E-state index contributed by atoms with van der Waals surface area (Å²) in [5.41, 5.74) is 0.484. The van der Waals surface area contributed by atoms with E-state index in [9.17, 15) is 24.3 Å². The zero-order chi connectivity index (χ0) is 19.9. The van der Waals surface area contributed by atoms with Crippen molar-refractivity contribution in [2.24, 2.45) is 11.8 Å². The maximum absolute atomic E-state index is 12.7. The average Bonchev–Trinajstić information content (AvgIpc) is 2.62. The molecule has 1 saturated heterocycles. The molecule has 0 spiro atoms. The first-order chi connectivity index (χ1) is 12.2. The fourth-order valence-electron chi connectivity index (χ4n) is 3.11. The van der Waals surface area contributed by atoms with E-state index in [1.165, 1.54) is 4.90 Å². The maximum Gasteiger partial charge on any atom is 0.308 e. The van der Waals surface area contributed by atoms with Crippen LogP contribution in [0.4, 0.5) is 0 Å². The summed E-state index contributed by atoms with van der Waals surface area (Å²) < 4.78 is 0. The molecule has 26 heavy (non-hydrogen) atoms. The highest BCUT2D eigenvalue weighted by atomic mass is 16.4. The molecule has 0 aliphatic carbocycles. The van der Waals surface area contributed by atoms with Crippen molar-refractivity contribution in [2.45, 2.75) is 39.7 Å². The van der Waals surface area contributed by atoms with Gasteiger partial charge in [0, 0.05) is 25.7 Å². The number of carbonyl (C=O) groups is 4. The van der Waals surface area contributed by atoms with Crippen molar-refractivity contribution < 1.29 is 24.3 Å². The Kier molecular flexibility index (Phi) is 8.28. The minimum Gasteiger partial charge on any atom is -0.481 e. The first kappa shape index (κ1) is 21.7. The van der Waals surface area contributed by atoms with Crippen LogP contribution in [0.25, 0.3) is 0 Å². The molecular weight excluding hydrogens is 338 g/mol. The van der Waals surface area contributed by atoms with Crippen LogP contribution in [0.3, 0.4) is 0 Å². The number of carboxylic acids is 1. The van der Waals surface area contributed by atoms with E-state index < -0.39 is 11.9 Å². The number of amides is 3. The Bertz CT molecular complexity index is 573. The van der Waals surface area contributed by atoms with Gasteiger partial charge in [-0.2, -0.15) is 0 Å². The van der Waals surface area contributed by atoms with E-state index in [2.05, 4.69) is 5.32 Å². The van der Waals surface area contributed by atoms with Gasteiger partial charge in [0.1, 0.15) is 0 Å². The van der Waals surface area contributed by atoms with E-state index >= 15 is 0 Å². The zero-order valence-corrected chi connectivity index (χ0v) is 15.9. The van der Waals surface area contributed by atoms with Crippen LogP contribution in [-0.2, 0) is 19.2 Å². The number of nitrogens with one attached hydrogen (secondary N) is 1. The van der Waals surface area contributed by atoms with Crippen molar-refractivity contribution >= 4 is 24.2 Å². The van der Waals surface area contributed by atoms with Crippen LogP contribution in [0.15, 0.2) is 11.6 Å². The van der Waals surface area contributed by atoms with Crippen LogP contribution in [0.2, 0.25) is 0 Å². The lowest BCUT2D eigenvalue weighted by molar-refractivity contribution is -0.145. The van der Waals surface area contributed by atoms with Gasteiger partial charge in [-0.05, 0) is 25.7 Å². The summed E-state index contributed by atoms with van der Waals surface area (Å²) in [4.78, 5) is 49.5. The van der Waals surface area contributed by atoms with Gasteiger partial charge in [-0.15, -0.1) is 0 Å². The molecule has 8 nitrogen and oxygen atoms in total. The number of aliphatic carboxylic acids is 1. The van der Waals surface area contributed by atoms with Gasteiger partial charge in [0.05, 0.1) is 18.5 Å². The van der Waals surface area contributed by atoms with E-state index in [4.69, 9.17) is 0 Å². The second-order valence-electron chi connectivity index (χ2n) is 7.02. The third kappa shape index (κ3) is 5.86. The van der Waals surface area contributed by atoms with Crippen molar-refractivity contribution in [3.63, 3.8) is 0 Å². The van der Waals surface area contributed by atoms with Crippen LogP contribution < -0.4 is 5.32 Å². The van der Waals surface area contributed by atoms with Crippen molar-refractivity contribution in [3.8, 4) is 0 Å². The summed E-state index contributed by atoms with van der Waals surface area (Å²) in [5.74, 6) is -1.79. The van der Waals surface area contributed by atoms with E-state index in [-0.39, 0.29) is 36.9 Å². The van der Waals surface area contributed by atoms with E-state index in [1.807, 2.05) is 13.8 Å². The van der Waals surface area contributed by atoms with Gasteiger partial charge in [-0.3, -0.25) is 19.2 Å². The standard InChI is InChI=1S/C18H29N3O5/c1-12(2)15(20(4)16(23)9-19-11-22)8-13(3)17(24)21-7-5-6-14(10-21)18(25)26/h8,11-12,14-15H,5-7,9-10H2,1-4H3,(H,19,22)(H,25,26). The lowest BCUT2D eigenvalue weighted by Gasteiger charge is -2.32. The summed E-state index contributed by atoms with van der Waals surface area (Å²) in [6, 6.07) is -0.306. The van der Waals surface area contributed by atoms with Gasteiger partial charge in [0.15, 0.2) is 0 Å². The van der Waals surface area contributed by atoms with Gasteiger partial charge >= 0.3 is 5.97 Å². The van der Waals surface area contributed by atoms with E-state index in [0.717, 1.165) is 0 Å². The molecule has 1 rings (SSSR count). The molecule has 0 aromatic rings. The molecule has 0 radical (unpaired) electrons. The molecule has 1 fully saturated rings. The molecule has 3 amide bonds. The van der Waals surface area contributed by atoms with Crippen LogP contribution in [0, 0.1) is 11.8 Å². The van der Waals surface area contributed by atoms with E-state index in [0.29, 0.717) is 31.4 Å². The molecule has 2 atom stereocenters. The Labute approximate surface area is 154 Å². The van der Waals surface area contributed by atoms with Crippen molar-refractivity contribution in [1.29, 1.82) is 0 Å². The van der Waals surface area contributed by atoms with Crippen molar-refractivity contribution in [2.75, 3.05) is 26.7 Å². The predicted molar refractivity (Wildman–Crippen MR) is 96.2 cm³/mol. The number of nitrogens with zero attached hydrogens (tertiary/aromatic N) is 2. The molecule has 0 aromatic heterocycles. The highest BCUT2D eigenvalue weighted by molar-refractivity contribution is 5.93. The lowest BCUT2D eigenvalue weighted by Crippen LogP contribution is -2.45. The molecule has 8 heteroatoms. The fourth-order valence-corrected chi connectivity index (χ4v) is 3.11. The smallest absolute Gasteiger partial charge is 0.308 e. The summed E-state index contributed by atoms with van der Waals surface area (Å²) in [6.07, 6.45) is 3.46. The molecule has 0 bridgehead atoms. The zero-order valence-electron chi connectivity index (χ0n) is 15.9. The Morgan fingerprint density at radius 1 is 1.35 bits per heavy atom. The first-order valence-electron chi connectivity index (χ1n) is 8.82. The third-order valence-corrected chi connectivity index (χ3v) is 4.68. The summed E-state index contributed by atoms with van der Waals surface area (Å²) in [7, 11) is 1.63. The monoisotopic (exact) mass is 367 g/mol. The molecule has 0 saturated carbocycles. The fraction of sp³-hybridized carbons (Fsp3) is 0.667. The average molecular weight is 367 g/mol. The Balaban J connectivity index is 2.88. The quantitative estimate of drug-likeness (QED) is 0.479. The topological polar surface area (TPSA) is 107 Å². The third-order valence-electron chi connectivity index (χ3n) is 4.68. The SMILES string of the molecule is CC(=CC(C(C)C)N(C)C(=O)CNC=O)C(=O)N1CCCC(C(=O)O)C1. The highest BCUT2D eigenvalue weighted by Crippen LogP contribution is 2.20. The van der Waals surface area contributed by atoms with Crippen molar-refractivity contribution in [1.82, 2.24) is 15.1 Å². The van der Waals surface area contributed by atoms with Crippen LogP contribution in [0.5, 0.6) is 0 Å². The van der Waals surface area contributed by atoms with E-state index in [1.54, 1.807) is 24.9 Å². The van der Waals surface area contributed by atoms with Crippen LogP contribution in [0.1, 0.15) is 33.6 Å². The molecule has 2 N–H and O–H groups in total. The molecule has 1 aliphatic rings. The predicted octanol–water partition coefficient (Wildman–Crippen LogP) is 0.485. The minimum atomic E-state index is -0.878. The van der Waals surface area contributed by atoms with Gasteiger partial charge in [-0.1, -0.05) is 19.9 Å². The normalized spacial score (nSPS) is 19.0. The largest absolute Gasteiger partial charge is 0.481 e. The summed E-state index contributed by atoms with van der Waals surface area (Å²) >= 11 is 0. The Morgan fingerprint density at radius 3 is 2.54 bits per heavy atom. The molecule has 2 unspecified atom stereocenters. The van der Waals surface area contributed by atoms with Gasteiger partial charge in [0.25, 0.3) is 0 Å². The lowest BCUT2D eigenvalue weighted by atomic mass is 9.96. The second kappa shape index (κ2) is 9.94. The van der Waals surface area contributed by atoms with Crippen LogP contribution in [-0.4, -0.2) is 71.8 Å². The minimum absolute atomic E-state index is 0.0658. The maximum atomic E-state index is 12.7. The highest BCUT2D eigenvalue weighted by Gasteiger charge is 2.29. The number of likely N-dealkylation sites (tertiary alicyclic amines) is 1. The molecule has 1 aliphatic heterocycles.